The van der Waals surface area contributed by atoms with Crippen LogP contribution in [0.3, 0.4) is 0 Å². The summed E-state index contributed by atoms with van der Waals surface area (Å²) in [6, 6.07) is 7.04. The summed E-state index contributed by atoms with van der Waals surface area (Å²) in [5.74, 6) is -2.35. The lowest BCUT2D eigenvalue weighted by atomic mass is 9.82. The summed E-state index contributed by atoms with van der Waals surface area (Å²) in [4.78, 5) is 23.6. The van der Waals surface area contributed by atoms with Gasteiger partial charge in [-0.15, -0.1) is 0 Å². The number of allylic oxidation sites excluding steroid dienone is 2. The Morgan fingerprint density at radius 1 is 1.24 bits per heavy atom. The zero-order chi connectivity index (χ0) is 15.4. The maximum absolute atomic E-state index is 12.4. The molecule has 112 valence electrons. The van der Waals surface area contributed by atoms with Gasteiger partial charge < -0.3 is 10.4 Å². The van der Waals surface area contributed by atoms with Gasteiger partial charge in [-0.3, -0.25) is 9.59 Å². The van der Waals surface area contributed by atoms with Gasteiger partial charge in [-0.1, -0.05) is 42.0 Å². The standard InChI is InChI=1S/C16H18ClNO3/c1-10(11-6-4-5-9-14(11)17)18-15(19)12-7-2-3-8-13(12)16(20)21/h2-6,9-10,12-13H,7-8H2,1H3,(H,18,19)(H,20,21)/t10-,12?,13?/m1/s1. The Bertz CT molecular complexity index is 570. The van der Waals surface area contributed by atoms with Crippen LogP contribution in [0.5, 0.6) is 0 Å². The molecule has 4 nitrogen and oxygen atoms in total. The average Bonchev–Trinajstić information content (AvgIpc) is 2.47. The van der Waals surface area contributed by atoms with Gasteiger partial charge in [0.15, 0.2) is 0 Å². The van der Waals surface area contributed by atoms with E-state index in [1.165, 1.54) is 0 Å². The SMILES string of the molecule is C[C@@H](NC(=O)C1CC=CCC1C(=O)O)c1ccccc1Cl. The fourth-order valence-electron chi connectivity index (χ4n) is 2.60. The second-order valence-corrected chi connectivity index (χ2v) is 5.65. The van der Waals surface area contributed by atoms with Crippen molar-refractivity contribution in [1.29, 1.82) is 0 Å². The molecule has 0 heterocycles. The van der Waals surface area contributed by atoms with Crippen molar-refractivity contribution < 1.29 is 14.7 Å². The van der Waals surface area contributed by atoms with E-state index in [0.717, 1.165) is 5.56 Å². The van der Waals surface area contributed by atoms with Crippen LogP contribution >= 0.6 is 11.6 Å². The van der Waals surface area contributed by atoms with Crippen molar-refractivity contribution >= 4 is 23.5 Å². The van der Waals surface area contributed by atoms with E-state index >= 15 is 0 Å². The molecule has 1 aromatic rings. The predicted molar refractivity (Wildman–Crippen MR) is 81.0 cm³/mol. The number of rotatable bonds is 4. The lowest BCUT2D eigenvalue weighted by Gasteiger charge is -2.26. The van der Waals surface area contributed by atoms with Gasteiger partial charge in [0.05, 0.1) is 17.9 Å². The van der Waals surface area contributed by atoms with Crippen LogP contribution in [0.1, 0.15) is 31.4 Å². The van der Waals surface area contributed by atoms with Crippen LogP contribution in [0.25, 0.3) is 0 Å². The predicted octanol–water partition coefficient (Wildman–Crippen LogP) is 3.18. The highest BCUT2D eigenvalue weighted by atomic mass is 35.5. The Kier molecular flexibility index (Phi) is 5.02. The van der Waals surface area contributed by atoms with E-state index in [1.807, 2.05) is 37.3 Å². The van der Waals surface area contributed by atoms with Gasteiger partial charge in [0, 0.05) is 5.02 Å². The molecule has 0 aliphatic heterocycles. The van der Waals surface area contributed by atoms with Crippen molar-refractivity contribution in [3.63, 3.8) is 0 Å². The Hall–Kier alpha value is -1.81. The number of hydrogen-bond donors (Lipinski definition) is 2. The first kappa shape index (κ1) is 15.6. The van der Waals surface area contributed by atoms with Crippen molar-refractivity contribution in [2.24, 2.45) is 11.8 Å². The smallest absolute Gasteiger partial charge is 0.307 e. The molecule has 0 saturated heterocycles. The first-order valence-corrected chi connectivity index (χ1v) is 7.31. The van der Waals surface area contributed by atoms with Gasteiger partial charge in [0.1, 0.15) is 0 Å². The quantitative estimate of drug-likeness (QED) is 0.840. The van der Waals surface area contributed by atoms with Crippen LogP contribution in [0.4, 0.5) is 0 Å². The highest BCUT2D eigenvalue weighted by Gasteiger charge is 2.34. The summed E-state index contributed by atoms with van der Waals surface area (Å²) >= 11 is 6.11. The van der Waals surface area contributed by atoms with Crippen molar-refractivity contribution in [2.75, 3.05) is 0 Å². The van der Waals surface area contributed by atoms with Crippen molar-refractivity contribution in [2.45, 2.75) is 25.8 Å². The number of benzene rings is 1. The number of carbonyl (C=O) groups excluding carboxylic acids is 1. The third kappa shape index (κ3) is 3.64. The van der Waals surface area contributed by atoms with Crippen LogP contribution < -0.4 is 5.32 Å². The lowest BCUT2D eigenvalue weighted by molar-refractivity contribution is -0.147. The first-order valence-electron chi connectivity index (χ1n) is 6.93. The number of hydrogen-bond acceptors (Lipinski definition) is 2. The minimum atomic E-state index is -0.926. The Morgan fingerprint density at radius 3 is 2.48 bits per heavy atom. The maximum Gasteiger partial charge on any atom is 0.307 e. The number of carboxylic acids is 1. The number of halogens is 1. The highest BCUT2D eigenvalue weighted by Crippen LogP contribution is 2.28. The van der Waals surface area contributed by atoms with Gasteiger partial charge in [-0.2, -0.15) is 0 Å². The second-order valence-electron chi connectivity index (χ2n) is 5.25. The molecule has 0 saturated carbocycles. The topological polar surface area (TPSA) is 66.4 Å². The number of nitrogens with one attached hydrogen (secondary N) is 1. The normalized spacial score (nSPS) is 22.6. The van der Waals surface area contributed by atoms with E-state index in [9.17, 15) is 14.7 Å². The molecule has 2 N–H and O–H groups in total. The van der Waals surface area contributed by atoms with E-state index in [-0.39, 0.29) is 11.9 Å². The minimum absolute atomic E-state index is 0.237. The summed E-state index contributed by atoms with van der Waals surface area (Å²) in [6.45, 7) is 1.84. The summed E-state index contributed by atoms with van der Waals surface area (Å²) in [5, 5.41) is 12.7. The fourth-order valence-corrected chi connectivity index (χ4v) is 2.90. The molecule has 5 heteroatoms. The summed E-state index contributed by atoms with van der Waals surface area (Å²) in [7, 11) is 0. The second kappa shape index (κ2) is 6.76. The number of carboxylic acid groups (broad SMARTS) is 1. The van der Waals surface area contributed by atoms with E-state index in [4.69, 9.17) is 11.6 Å². The van der Waals surface area contributed by atoms with Gasteiger partial charge in [0.25, 0.3) is 0 Å². The van der Waals surface area contributed by atoms with Gasteiger partial charge in [-0.25, -0.2) is 0 Å². The third-order valence-electron chi connectivity index (χ3n) is 3.82. The minimum Gasteiger partial charge on any atom is -0.481 e. The van der Waals surface area contributed by atoms with Crippen LogP contribution in [0.2, 0.25) is 5.02 Å². The van der Waals surface area contributed by atoms with E-state index < -0.39 is 17.8 Å². The van der Waals surface area contributed by atoms with Gasteiger partial charge in [0.2, 0.25) is 5.91 Å². The Balaban J connectivity index is 2.08. The van der Waals surface area contributed by atoms with Crippen molar-refractivity contribution in [1.82, 2.24) is 5.32 Å². The summed E-state index contributed by atoms with van der Waals surface area (Å²) in [5.41, 5.74) is 0.825. The zero-order valence-electron chi connectivity index (χ0n) is 11.8. The molecule has 1 amide bonds. The molecule has 0 bridgehead atoms. The van der Waals surface area contributed by atoms with Crippen LogP contribution in [-0.2, 0) is 9.59 Å². The Morgan fingerprint density at radius 2 is 1.86 bits per heavy atom. The Labute approximate surface area is 128 Å². The number of amides is 1. The van der Waals surface area contributed by atoms with Gasteiger partial charge in [-0.05, 0) is 31.4 Å². The van der Waals surface area contributed by atoms with Crippen molar-refractivity contribution in [3.8, 4) is 0 Å². The van der Waals surface area contributed by atoms with Crippen LogP contribution in [0, 0.1) is 11.8 Å². The molecule has 2 rings (SSSR count). The first-order chi connectivity index (χ1) is 10.0. The molecule has 2 unspecified atom stereocenters. The molecular weight excluding hydrogens is 290 g/mol. The van der Waals surface area contributed by atoms with E-state index in [0.29, 0.717) is 17.9 Å². The highest BCUT2D eigenvalue weighted by molar-refractivity contribution is 6.31. The number of aliphatic carboxylic acids is 1. The molecule has 0 fully saturated rings. The maximum atomic E-state index is 12.4. The molecule has 1 aliphatic carbocycles. The molecule has 21 heavy (non-hydrogen) atoms. The average molecular weight is 308 g/mol. The monoisotopic (exact) mass is 307 g/mol. The van der Waals surface area contributed by atoms with Crippen molar-refractivity contribution in [3.05, 3.63) is 47.0 Å². The van der Waals surface area contributed by atoms with Gasteiger partial charge >= 0.3 is 5.97 Å². The summed E-state index contributed by atoms with van der Waals surface area (Å²) < 4.78 is 0. The molecule has 1 aliphatic rings. The molecule has 3 atom stereocenters. The molecule has 0 spiro atoms. The largest absolute Gasteiger partial charge is 0.481 e. The van der Waals surface area contributed by atoms with Crippen LogP contribution in [0.15, 0.2) is 36.4 Å². The fraction of sp³-hybridized carbons (Fsp3) is 0.375. The zero-order valence-corrected chi connectivity index (χ0v) is 12.5. The van der Waals surface area contributed by atoms with E-state index in [1.54, 1.807) is 6.07 Å². The van der Waals surface area contributed by atoms with Crippen LogP contribution in [-0.4, -0.2) is 17.0 Å². The third-order valence-corrected chi connectivity index (χ3v) is 4.16. The molecule has 0 radical (unpaired) electrons. The lowest BCUT2D eigenvalue weighted by Crippen LogP contribution is -2.39. The van der Waals surface area contributed by atoms with E-state index in [2.05, 4.69) is 5.32 Å². The molecule has 0 aromatic heterocycles. The number of carbonyl (C=O) groups is 2. The summed E-state index contributed by atoms with van der Waals surface area (Å²) in [6.07, 6.45) is 4.54. The molecular formula is C16H18ClNO3. The molecule has 1 aromatic carbocycles.